The molecule has 6 N–H and O–H groups in total. The topological polar surface area (TPSA) is 224 Å². The summed E-state index contributed by atoms with van der Waals surface area (Å²) in [5.74, 6) is 0.720. The molecule has 0 amide bonds. The fourth-order valence-corrected chi connectivity index (χ4v) is 16.7. The van der Waals surface area contributed by atoms with E-state index in [0.29, 0.717) is 66.1 Å². The van der Waals surface area contributed by atoms with E-state index in [1.165, 1.54) is 180 Å². The lowest BCUT2D eigenvalue weighted by Crippen LogP contribution is -2.39. The predicted molar refractivity (Wildman–Crippen MR) is 421 cm³/mol. The third-order valence-corrected chi connectivity index (χ3v) is 22.6. The number of fused-ring (bicyclic) bond motifs is 1. The molecule has 0 aromatic carbocycles. The van der Waals surface area contributed by atoms with Crippen LogP contribution >= 0.6 is 0 Å². The highest BCUT2D eigenvalue weighted by molar-refractivity contribution is 5.68. The molecule has 0 radical (unpaired) electrons. The van der Waals surface area contributed by atoms with Gasteiger partial charge in [-0.1, -0.05) is 320 Å². The Morgan fingerprint density at radius 2 is 0.653 bits per heavy atom. The number of aliphatic carboxylic acids is 6. The van der Waals surface area contributed by atoms with Crippen molar-refractivity contribution in [2.75, 3.05) is 0 Å². The molecule has 0 heterocycles. The van der Waals surface area contributed by atoms with E-state index in [-0.39, 0.29) is 37.5 Å². The molecule has 3 aliphatic carbocycles. The number of unbranched alkanes of at least 4 members (excludes halogenated alkanes) is 34. The zero-order valence-electron chi connectivity index (χ0n) is 65.8. The van der Waals surface area contributed by atoms with E-state index in [1.807, 2.05) is 0 Å². The third-order valence-electron chi connectivity index (χ3n) is 22.6. The van der Waals surface area contributed by atoms with Crippen LogP contribution in [0.1, 0.15) is 401 Å². The Labute approximate surface area is 618 Å². The Morgan fingerprint density at radius 1 is 0.307 bits per heavy atom. The maximum absolute atomic E-state index is 11.7. The summed E-state index contributed by atoms with van der Waals surface area (Å²) in [4.78, 5) is 65.9. The Morgan fingerprint density at radius 3 is 1.10 bits per heavy atom. The molecule has 0 saturated heterocycles. The van der Waals surface area contributed by atoms with Crippen LogP contribution in [0.25, 0.3) is 0 Å². The smallest absolute Gasteiger partial charge is 0.303 e. The van der Waals surface area contributed by atoms with Crippen molar-refractivity contribution in [1.82, 2.24) is 0 Å². The van der Waals surface area contributed by atoms with Crippen molar-refractivity contribution in [2.24, 2.45) is 65.1 Å². The molecule has 0 fully saturated rings. The van der Waals surface area contributed by atoms with Gasteiger partial charge in [0.1, 0.15) is 0 Å². The first-order valence-electron chi connectivity index (χ1n) is 42.7. The molecule has 12 heteroatoms. The molecule has 0 aromatic rings. The van der Waals surface area contributed by atoms with E-state index in [0.717, 1.165) is 141 Å². The number of carboxylic acids is 6. The maximum atomic E-state index is 11.7. The minimum atomic E-state index is -0.711. The highest BCUT2D eigenvalue weighted by atomic mass is 16.4. The molecule has 11 unspecified atom stereocenters. The third kappa shape index (κ3) is 49.8. The lowest BCUT2D eigenvalue weighted by Gasteiger charge is -2.46. The number of hydrogen-bond acceptors (Lipinski definition) is 6. The van der Waals surface area contributed by atoms with Gasteiger partial charge in [-0.25, -0.2) is 0 Å². The van der Waals surface area contributed by atoms with Gasteiger partial charge in [0.15, 0.2) is 0 Å². The second-order valence-corrected chi connectivity index (χ2v) is 31.0. The summed E-state index contributed by atoms with van der Waals surface area (Å²) in [6, 6.07) is 0. The van der Waals surface area contributed by atoms with Gasteiger partial charge in [-0.2, -0.15) is 0 Å². The molecule has 0 spiro atoms. The summed E-state index contributed by atoms with van der Waals surface area (Å²) in [6.45, 7) is 13.6. The number of carboxylic acid groups (broad SMARTS) is 6. The van der Waals surface area contributed by atoms with Gasteiger partial charge in [-0.05, 0) is 168 Å². The van der Waals surface area contributed by atoms with Crippen molar-refractivity contribution >= 4 is 35.8 Å². The quantitative estimate of drug-likeness (QED) is 0.0247. The van der Waals surface area contributed by atoms with Gasteiger partial charge >= 0.3 is 35.8 Å². The van der Waals surface area contributed by atoms with Gasteiger partial charge in [0.05, 0.1) is 6.42 Å². The largest absolute Gasteiger partial charge is 0.481 e. The lowest BCUT2D eigenvalue weighted by atomic mass is 9.59. The Hall–Kier alpha value is -4.48. The van der Waals surface area contributed by atoms with Crippen molar-refractivity contribution in [1.29, 1.82) is 0 Å². The van der Waals surface area contributed by atoms with Crippen molar-refractivity contribution in [3.05, 3.63) is 60.3 Å². The summed E-state index contributed by atoms with van der Waals surface area (Å²) in [6.07, 6.45) is 82.3. The molecular weight excluding hydrogens is 1260 g/mol. The van der Waals surface area contributed by atoms with Gasteiger partial charge in [-0.15, -0.1) is 0 Å². The van der Waals surface area contributed by atoms with E-state index in [9.17, 15) is 39.0 Å². The van der Waals surface area contributed by atoms with E-state index in [2.05, 4.69) is 96.2 Å². The molecule has 101 heavy (non-hydrogen) atoms. The zero-order valence-corrected chi connectivity index (χ0v) is 65.8. The summed E-state index contributed by atoms with van der Waals surface area (Å²) in [5, 5.41) is 54.2. The number of rotatable bonds is 64. The molecule has 0 saturated carbocycles. The average molecular weight is 1420 g/mol. The summed E-state index contributed by atoms with van der Waals surface area (Å²) in [7, 11) is 0. The molecule has 0 bridgehead atoms. The predicted octanol–water partition coefficient (Wildman–Crippen LogP) is 26.4. The molecule has 584 valence electrons. The summed E-state index contributed by atoms with van der Waals surface area (Å²) < 4.78 is 0. The normalized spacial score (nSPS) is 21.1. The lowest BCUT2D eigenvalue weighted by molar-refractivity contribution is -0.140. The first kappa shape index (κ1) is 94.5. The number of allylic oxidation sites excluding steroid dienone is 10. The van der Waals surface area contributed by atoms with Crippen molar-refractivity contribution in [3.8, 4) is 0 Å². The van der Waals surface area contributed by atoms with Gasteiger partial charge in [0, 0.05) is 32.1 Å². The van der Waals surface area contributed by atoms with Crippen LogP contribution in [-0.2, 0) is 28.8 Å². The van der Waals surface area contributed by atoms with Gasteiger partial charge in [-0.3, -0.25) is 28.8 Å². The van der Waals surface area contributed by atoms with E-state index >= 15 is 0 Å². The molecule has 12 nitrogen and oxygen atoms in total. The second kappa shape index (κ2) is 65.1. The van der Waals surface area contributed by atoms with Crippen LogP contribution in [0, 0.1) is 65.1 Å². The molecule has 3 aliphatic rings. The molecular formula is C89H156O12. The molecule has 0 aromatic heterocycles. The maximum Gasteiger partial charge on any atom is 0.303 e. The van der Waals surface area contributed by atoms with Gasteiger partial charge < -0.3 is 30.6 Å². The van der Waals surface area contributed by atoms with Crippen LogP contribution in [0.4, 0.5) is 0 Å². The monoisotopic (exact) mass is 1420 g/mol. The van der Waals surface area contributed by atoms with Crippen molar-refractivity contribution in [3.63, 3.8) is 0 Å². The zero-order chi connectivity index (χ0) is 74.4. The molecule has 3 rings (SSSR count). The highest BCUT2D eigenvalue weighted by Crippen LogP contribution is 2.49. The first-order valence-corrected chi connectivity index (χ1v) is 42.7. The van der Waals surface area contributed by atoms with Crippen LogP contribution in [-0.4, -0.2) is 66.5 Å². The van der Waals surface area contributed by atoms with E-state index < -0.39 is 35.8 Å². The molecule has 11 atom stereocenters. The Kier molecular flexibility index (Phi) is 60.9. The fraction of sp³-hybridized carbons (Fsp3) is 0.820. The van der Waals surface area contributed by atoms with Gasteiger partial charge in [0.25, 0.3) is 0 Å². The second-order valence-electron chi connectivity index (χ2n) is 31.0. The Bertz CT molecular complexity index is 2230. The van der Waals surface area contributed by atoms with Crippen LogP contribution < -0.4 is 0 Å². The van der Waals surface area contributed by atoms with Crippen molar-refractivity contribution < 1.29 is 59.4 Å². The average Bonchev–Trinajstić information content (AvgIpc) is 0.783. The van der Waals surface area contributed by atoms with Crippen molar-refractivity contribution in [2.45, 2.75) is 401 Å². The van der Waals surface area contributed by atoms with Gasteiger partial charge in [0.2, 0.25) is 0 Å². The highest BCUT2D eigenvalue weighted by Gasteiger charge is 2.42. The first-order chi connectivity index (χ1) is 49.0. The summed E-state index contributed by atoms with van der Waals surface area (Å²) in [5.41, 5.74) is 1.72. The fourth-order valence-electron chi connectivity index (χ4n) is 16.7. The van der Waals surface area contributed by atoms with Crippen LogP contribution in [0.3, 0.4) is 0 Å². The van der Waals surface area contributed by atoms with E-state index in [4.69, 9.17) is 20.4 Å². The minimum Gasteiger partial charge on any atom is -0.481 e. The van der Waals surface area contributed by atoms with Crippen LogP contribution in [0.2, 0.25) is 0 Å². The molecule has 0 aliphatic heterocycles. The number of hydrogen-bond donors (Lipinski definition) is 6. The SMILES string of the molecule is CCCCC/C=C/C1C(CC)C=CC(CC(=O)O)C1CCCCCCCCC(=O)O.CCCCCC1C=CC2C(C=CC(CCCCCCCC(=O)O)C2CC(=O)O)C1CC.CCCCCCCC/C=C(\CCCCCCCC(=O)O)C(CCCCCCCCC)CCCCCCCC(=O)O. The minimum absolute atomic E-state index is 0.131. The van der Waals surface area contributed by atoms with Crippen LogP contribution in [0.5, 0.6) is 0 Å². The van der Waals surface area contributed by atoms with E-state index in [1.54, 1.807) is 5.57 Å². The summed E-state index contributed by atoms with van der Waals surface area (Å²) >= 11 is 0. The standard InChI is InChI=1S/C36H68O4.C27H44O4.C26H44O4/c1-3-5-7-9-11-15-21-27-33(29-23-17-13-19-25-31-35(37)38)34(28-22-16-12-10-8-6-4-2)30-24-18-14-20-26-32-36(39)40;1-3-5-9-12-20-15-18-24-23(22(20)4-2)17-16-21(25(24)19-27(30)31)13-10-7-6-8-11-14-26(28)29;1-3-5-6-9-12-15-23-21(4-2)18-19-22(20-26(29)30)24(23)16-13-10-7-8-11-14-17-25(27)28/h27,34H,3-26,28-32H2,1-2H3,(H,37,38)(H,39,40);15-18,20-25H,3-14,19H2,1-2H3,(H,28,29)(H,30,31);12,15,18-19,21-24H,3-11,13-14,16-17,20H2,1-2H3,(H,27,28)(H,29,30)/b33-27+;;15-12+. The Balaban J connectivity index is 0.000000767. The number of carbonyl (C=O) groups is 6. The van der Waals surface area contributed by atoms with Crippen LogP contribution in [0.15, 0.2) is 60.3 Å².